The van der Waals surface area contributed by atoms with E-state index >= 15 is 0 Å². The Morgan fingerprint density at radius 1 is 1.33 bits per heavy atom. The van der Waals surface area contributed by atoms with Crippen LogP contribution in [0.25, 0.3) is 5.69 Å². The van der Waals surface area contributed by atoms with E-state index in [-0.39, 0.29) is 6.04 Å². The van der Waals surface area contributed by atoms with Crippen LogP contribution in [0.4, 0.5) is 0 Å². The average molecular weight is 246 g/mol. The maximum Gasteiger partial charge on any atom is 0.148 e. The molecule has 0 saturated heterocycles. The van der Waals surface area contributed by atoms with Crippen molar-refractivity contribution in [1.29, 1.82) is 0 Å². The normalized spacial score (nSPS) is 12.5. The Morgan fingerprint density at radius 2 is 2.06 bits per heavy atom. The summed E-state index contributed by atoms with van der Waals surface area (Å²) in [4.78, 5) is 4.31. The highest BCUT2D eigenvalue weighted by molar-refractivity contribution is 5.51. The van der Waals surface area contributed by atoms with E-state index in [9.17, 15) is 0 Å². The van der Waals surface area contributed by atoms with Crippen LogP contribution >= 0.6 is 0 Å². The smallest absolute Gasteiger partial charge is 0.148 e. The van der Waals surface area contributed by atoms with Gasteiger partial charge in [0.1, 0.15) is 17.4 Å². The molecule has 0 spiro atoms. The number of hydrogen-bond donors (Lipinski definition) is 1. The first-order chi connectivity index (χ1) is 8.54. The zero-order valence-corrected chi connectivity index (χ0v) is 11.1. The van der Waals surface area contributed by atoms with Crippen LogP contribution in [0.3, 0.4) is 0 Å². The molecule has 0 radical (unpaired) electrons. The Balaban J connectivity index is 2.67. The molecule has 2 rings (SSSR count). The van der Waals surface area contributed by atoms with Crippen LogP contribution in [0.1, 0.15) is 30.2 Å². The third kappa shape index (κ3) is 2.09. The Bertz CT molecular complexity index is 560. The SMILES string of the molecule is COc1cccc(-n2nc(C)nc2C)c1[C@@H](C)N. The molecule has 0 aliphatic heterocycles. The van der Waals surface area contributed by atoms with Crippen LogP contribution in [0, 0.1) is 13.8 Å². The molecule has 0 bridgehead atoms. The quantitative estimate of drug-likeness (QED) is 0.898. The Kier molecular flexibility index (Phi) is 3.34. The molecule has 2 N–H and O–H groups in total. The standard InChI is InChI=1S/C13H18N4O/c1-8(14)13-11(6-5-7-12(13)18-4)17-10(3)15-9(2)16-17/h5-8H,14H2,1-4H3/t8-/m1/s1. The lowest BCUT2D eigenvalue weighted by Gasteiger charge is -2.17. The number of ether oxygens (including phenoxy) is 1. The average Bonchev–Trinajstić information content (AvgIpc) is 2.67. The summed E-state index contributed by atoms with van der Waals surface area (Å²) in [5.41, 5.74) is 7.90. The predicted octanol–water partition coefficient (Wildman–Crippen LogP) is 1.91. The molecular weight excluding hydrogens is 228 g/mol. The first-order valence-electron chi connectivity index (χ1n) is 5.87. The largest absolute Gasteiger partial charge is 0.496 e. The minimum atomic E-state index is -0.139. The second kappa shape index (κ2) is 4.78. The number of nitrogens with two attached hydrogens (primary N) is 1. The lowest BCUT2D eigenvalue weighted by atomic mass is 10.1. The van der Waals surface area contributed by atoms with Crippen molar-refractivity contribution in [2.75, 3.05) is 7.11 Å². The molecule has 1 aromatic carbocycles. The molecule has 0 unspecified atom stereocenters. The van der Waals surface area contributed by atoms with E-state index in [2.05, 4.69) is 10.1 Å². The topological polar surface area (TPSA) is 66.0 Å². The van der Waals surface area contributed by atoms with E-state index in [1.807, 2.05) is 39.0 Å². The first-order valence-corrected chi connectivity index (χ1v) is 5.87. The van der Waals surface area contributed by atoms with Crippen LogP contribution in [0.2, 0.25) is 0 Å². The number of aromatic nitrogens is 3. The monoisotopic (exact) mass is 246 g/mol. The lowest BCUT2D eigenvalue weighted by molar-refractivity contribution is 0.406. The highest BCUT2D eigenvalue weighted by Crippen LogP contribution is 2.30. The fourth-order valence-corrected chi connectivity index (χ4v) is 2.10. The number of methoxy groups -OCH3 is 1. The van der Waals surface area contributed by atoms with Crippen molar-refractivity contribution in [1.82, 2.24) is 14.8 Å². The highest BCUT2D eigenvalue weighted by Gasteiger charge is 2.16. The van der Waals surface area contributed by atoms with Gasteiger partial charge in [-0.2, -0.15) is 5.10 Å². The minimum Gasteiger partial charge on any atom is -0.496 e. The van der Waals surface area contributed by atoms with Gasteiger partial charge in [-0.15, -0.1) is 0 Å². The van der Waals surface area contributed by atoms with E-state index < -0.39 is 0 Å². The molecule has 1 heterocycles. The van der Waals surface area contributed by atoms with Gasteiger partial charge in [-0.1, -0.05) is 6.07 Å². The third-order valence-corrected chi connectivity index (χ3v) is 2.82. The summed E-state index contributed by atoms with van der Waals surface area (Å²) in [6.45, 7) is 5.72. The van der Waals surface area contributed by atoms with Crippen molar-refractivity contribution in [3.8, 4) is 11.4 Å². The molecular formula is C13H18N4O. The van der Waals surface area contributed by atoms with Crippen LogP contribution in [0.15, 0.2) is 18.2 Å². The number of benzene rings is 1. The molecule has 0 saturated carbocycles. The van der Waals surface area contributed by atoms with Gasteiger partial charge in [-0.3, -0.25) is 0 Å². The molecule has 0 aliphatic carbocycles. The first kappa shape index (κ1) is 12.6. The lowest BCUT2D eigenvalue weighted by Crippen LogP contribution is -2.13. The minimum absolute atomic E-state index is 0.139. The van der Waals surface area contributed by atoms with Gasteiger partial charge >= 0.3 is 0 Å². The Hall–Kier alpha value is -1.88. The molecule has 2 aromatic rings. The van der Waals surface area contributed by atoms with Gasteiger partial charge in [0, 0.05) is 11.6 Å². The summed E-state index contributed by atoms with van der Waals surface area (Å²) in [5.74, 6) is 2.35. The summed E-state index contributed by atoms with van der Waals surface area (Å²) in [7, 11) is 1.64. The highest BCUT2D eigenvalue weighted by atomic mass is 16.5. The number of nitrogens with zero attached hydrogens (tertiary/aromatic N) is 3. The fourth-order valence-electron chi connectivity index (χ4n) is 2.10. The van der Waals surface area contributed by atoms with Gasteiger partial charge in [-0.25, -0.2) is 9.67 Å². The molecule has 5 heteroatoms. The van der Waals surface area contributed by atoms with Crippen molar-refractivity contribution in [2.24, 2.45) is 5.73 Å². The van der Waals surface area contributed by atoms with Crippen molar-refractivity contribution < 1.29 is 4.74 Å². The summed E-state index contributed by atoms with van der Waals surface area (Å²) in [5, 5.41) is 4.39. The maximum atomic E-state index is 6.04. The van der Waals surface area contributed by atoms with Crippen molar-refractivity contribution in [2.45, 2.75) is 26.8 Å². The number of aryl methyl sites for hydroxylation is 2. The van der Waals surface area contributed by atoms with Crippen molar-refractivity contribution >= 4 is 0 Å². The number of rotatable bonds is 3. The van der Waals surface area contributed by atoms with Crippen LogP contribution < -0.4 is 10.5 Å². The van der Waals surface area contributed by atoms with E-state index in [0.29, 0.717) is 0 Å². The zero-order chi connectivity index (χ0) is 13.3. The third-order valence-electron chi connectivity index (χ3n) is 2.82. The van der Waals surface area contributed by atoms with Gasteiger partial charge in [0.25, 0.3) is 0 Å². The molecule has 96 valence electrons. The maximum absolute atomic E-state index is 6.04. The molecule has 5 nitrogen and oxygen atoms in total. The zero-order valence-electron chi connectivity index (χ0n) is 11.1. The molecule has 18 heavy (non-hydrogen) atoms. The summed E-state index contributed by atoms with van der Waals surface area (Å²) in [6, 6.07) is 5.67. The Labute approximate surface area is 107 Å². The molecule has 0 aliphatic rings. The second-order valence-electron chi connectivity index (χ2n) is 4.30. The van der Waals surface area contributed by atoms with Gasteiger partial charge in [0.05, 0.1) is 12.8 Å². The van der Waals surface area contributed by atoms with Gasteiger partial charge in [-0.05, 0) is 32.9 Å². The van der Waals surface area contributed by atoms with Crippen LogP contribution in [-0.4, -0.2) is 21.9 Å². The fraction of sp³-hybridized carbons (Fsp3) is 0.385. The van der Waals surface area contributed by atoms with Crippen LogP contribution in [-0.2, 0) is 0 Å². The van der Waals surface area contributed by atoms with Crippen LogP contribution in [0.5, 0.6) is 5.75 Å². The van der Waals surface area contributed by atoms with Gasteiger partial charge in [0.15, 0.2) is 0 Å². The van der Waals surface area contributed by atoms with E-state index in [4.69, 9.17) is 10.5 Å². The molecule has 0 fully saturated rings. The summed E-state index contributed by atoms with van der Waals surface area (Å²) in [6.07, 6.45) is 0. The van der Waals surface area contributed by atoms with E-state index in [1.54, 1.807) is 11.8 Å². The molecule has 1 aromatic heterocycles. The van der Waals surface area contributed by atoms with E-state index in [0.717, 1.165) is 28.6 Å². The predicted molar refractivity (Wildman–Crippen MR) is 70.0 cm³/mol. The van der Waals surface area contributed by atoms with Crippen molar-refractivity contribution in [3.05, 3.63) is 35.4 Å². The Morgan fingerprint density at radius 3 is 2.56 bits per heavy atom. The van der Waals surface area contributed by atoms with Crippen molar-refractivity contribution in [3.63, 3.8) is 0 Å². The van der Waals surface area contributed by atoms with Gasteiger partial charge < -0.3 is 10.5 Å². The summed E-state index contributed by atoms with van der Waals surface area (Å²) >= 11 is 0. The number of hydrogen-bond acceptors (Lipinski definition) is 4. The molecule has 1 atom stereocenters. The molecule has 0 amide bonds. The second-order valence-corrected chi connectivity index (χ2v) is 4.30. The van der Waals surface area contributed by atoms with E-state index in [1.165, 1.54) is 0 Å². The summed E-state index contributed by atoms with van der Waals surface area (Å²) < 4.78 is 7.18. The van der Waals surface area contributed by atoms with Gasteiger partial charge in [0.2, 0.25) is 0 Å².